The van der Waals surface area contributed by atoms with E-state index >= 15 is 0 Å². The van der Waals surface area contributed by atoms with E-state index in [9.17, 15) is 0 Å². The van der Waals surface area contributed by atoms with Crippen molar-refractivity contribution in [3.63, 3.8) is 0 Å². The molecule has 1 aliphatic carbocycles. The van der Waals surface area contributed by atoms with Crippen molar-refractivity contribution in [2.75, 3.05) is 0 Å². The highest BCUT2D eigenvalue weighted by Crippen LogP contribution is 2.51. The van der Waals surface area contributed by atoms with Crippen LogP contribution >= 0.6 is 0 Å². The van der Waals surface area contributed by atoms with Gasteiger partial charge in [-0.2, -0.15) is 0 Å². The molecule has 0 bridgehead atoms. The van der Waals surface area contributed by atoms with Crippen molar-refractivity contribution < 1.29 is 0 Å². The number of hydrogen-bond donors (Lipinski definition) is 0. The third-order valence-corrected chi connectivity index (χ3v) is 11.8. The number of hydrogen-bond acceptors (Lipinski definition) is 3. The van der Waals surface area contributed by atoms with Crippen molar-refractivity contribution in [1.82, 2.24) is 19.5 Å². The topological polar surface area (TPSA) is 43.6 Å². The highest BCUT2D eigenvalue weighted by Gasteiger charge is 2.36. The van der Waals surface area contributed by atoms with E-state index in [1.807, 2.05) is 30.3 Å². The van der Waals surface area contributed by atoms with Crippen molar-refractivity contribution >= 4 is 21.8 Å². The van der Waals surface area contributed by atoms with E-state index < -0.39 is 0 Å². The molecule has 0 fully saturated rings. The van der Waals surface area contributed by atoms with E-state index in [-0.39, 0.29) is 5.41 Å². The average Bonchev–Trinajstić information content (AvgIpc) is 3.73. The van der Waals surface area contributed by atoms with Crippen LogP contribution in [-0.2, 0) is 5.41 Å². The third-order valence-electron chi connectivity index (χ3n) is 11.8. The van der Waals surface area contributed by atoms with Gasteiger partial charge in [-0.25, -0.2) is 15.0 Å². The van der Waals surface area contributed by atoms with Crippen LogP contribution in [0.25, 0.3) is 95.0 Å². The van der Waals surface area contributed by atoms with E-state index in [2.05, 4.69) is 182 Å². The summed E-state index contributed by atoms with van der Waals surface area (Å²) in [5.41, 5.74) is 16.1. The fourth-order valence-electron chi connectivity index (χ4n) is 8.90. The summed E-state index contributed by atoms with van der Waals surface area (Å²) in [5.74, 6) is 1.89. The Labute approximate surface area is 337 Å². The quantitative estimate of drug-likeness (QED) is 0.170. The maximum atomic E-state index is 5.21. The molecule has 11 rings (SSSR count). The lowest BCUT2D eigenvalue weighted by Gasteiger charge is -2.21. The minimum atomic E-state index is -0.0966. The second-order valence-corrected chi connectivity index (χ2v) is 15.7. The summed E-state index contributed by atoms with van der Waals surface area (Å²) in [4.78, 5) is 15.4. The largest absolute Gasteiger partial charge is 0.309 e. The van der Waals surface area contributed by atoms with Crippen molar-refractivity contribution in [3.8, 4) is 73.2 Å². The van der Waals surface area contributed by atoms with Gasteiger partial charge in [0.25, 0.3) is 0 Å². The van der Waals surface area contributed by atoms with E-state index in [0.717, 1.165) is 44.6 Å². The van der Waals surface area contributed by atoms with E-state index in [4.69, 9.17) is 15.0 Å². The lowest BCUT2D eigenvalue weighted by molar-refractivity contribution is 0.661. The normalized spacial score (nSPS) is 12.8. The Morgan fingerprint density at radius 1 is 0.345 bits per heavy atom. The Morgan fingerprint density at radius 2 is 0.845 bits per heavy atom. The standard InChI is InChI=1S/C54H38N4/c1-54(2)47-24-14-12-22-43(47)45-33-46-44-23-13-15-25-49(44)58(50(46)34-48(45)54)42-28-26-38(27-29-42)52-55-51(37-20-10-5-11-21-37)56-53(57-52)41-31-39(35-16-6-3-7-17-35)30-40(32-41)36-18-8-4-9-19-36/h3-34H,1-2H3. The Morgan fingerprint density at radius 3 is 1.48 bits per heavy atom. The zero-order valence-corrected chi connectivity index (χ0v) is 32.3. The molecule has 0 saturated heterocycles. The van der Waals surface area contributed by atoms with Gasteiger partial charge in [-0.05, 0) is 105 Å². The third kappa shape index (κ3) is 5.56. The summed E-state index contributed by atoms with van der Waals surface area (Å²) in [7, 11) is 0. The number of nitrogens with zero attached hydrogens (tertiary/aromatic N) is 4. The molecular formula is C54H38N4. The van der Waals surface area contributed by atoms with Gasteiger partial charge in [0.2, 0.25) is 0 Å². The average molecular weight is 743 g/mol. The summed E-state index contributed by atoms with van der Waals surface area (Å²) in [6, 6.07) is 68.9. The van der Waals surface area contributed by atoms with Gasteiger partial charge in [-0.15, -0.1) is 0 Å². The minimum absolute atomic E-state index is 0.0966. The van der Waals surface area contributed by atoms with Gasteiger partial charge in [0, 0.05) is 38.6 Å². The van der Waals surface area contributed by atoms with Crippen LogP contribution in [0, 0.1) is 0 Å². The second kappa shape index (κ2) is 13.4. The van der Waals surface area contributed by atoms with Crippen LogP contribution in [0.2, 0.25) is 0 Å². The van der Waals surface area contributed by atoms with Crippen LogP contribution in [0.4, 0.5) is 0 Å². The first-order chi connectivity index (χ1) is 28.5. The molecular weight excluding hydrogens is 705 g/mol. The van der Waals surface area contributed by atoms with Gasteiger partial charge < -0.3 is 4.57 Å². The number of aromatic nitrogens is 4. The smallest absolute Gasteiger partial charge is 0.164 e. The predicted molar refractivity (Wildman–Crippen MR) is 239 cm³/mol. The molecule has 2 heterocycles. The Kier molecular flexibility index (Phi) is 7.80. The van der Waals surface area contributed by atoms with Crippen LogP contribution in [0.3, 0.4) is 0 Å². The molecule has 1 aliphatic rings. The van der Waals surface area contributed by atoms with Crippen molar-refractivity contribution in [3.05, 3.63) is 205 Å². The zero-order valence-electron chi connectivity index (χ0n) is 32.3. The molecule has 0 radical (unpaired) electrons. The molecule has 274 valence electrons. The molecule has 0 unspecified atom stereocenters. The monoisotopic (exact) mass is 742 g/mol. The van der Waals surface area contributed by atoms with E-state index in [1.165, 1.54) is 44.1 Å². The molecule has 4 heteroatoms. The highest BCUT2D eigenvalue weighted by molar-refractivity contribution is 6.11. The summed E-state index contributed by atoms with van der Waals surface area (Å²) in [6.07, 6.45) is 0. The molecule has 0 aliphatic heterocycles. The van der Waals surface area contributed by atoms with E-state index in [0.29, 0.717) is 17.5 Å². The lowest BCUT2D eigenvalue weighted by atomic mass is 9.82. The van der Waals surface area contributed by atoms with Gasteiger partial charge in [0.15, 0.2) is 17.5 Å². The van der Waals surface area contributed by atoms with Gasteiger partial charge in [0.1, 0.15) is 0 Å². The lowest BCUT2D eigenvalue weighted by Crippen LogP contribution is -2.14. The number of fused-ring (bicyclic) bond motifs is 6. The highest BCUT2D eigenvalue weighted by atomic mass is 15.0. The van der Waals surface area contributed by atoms with Gasteiger partial charge in [0.05, 0.1) is 11.0 Å². The fourth-order valence-corrected chi connectivity index (χ4v) is 8.90. The summed E-state index contributed by atoms with van der Waals surface area (Å²) >= 11 is 0. The molecule has 0 spiro atoms. The van der Waals surface area contributed by atoms with Crippen molar-refractivity contribution in [1.29, 1.82) is 0 Å². The molecule has 0 atom stereocenters. The predicted octanol–water partition coefficient (Wildman–Crippen LogP) is 13.6. The minimum Gasteiger partial charge on any atom is -0.309 e. The number of para-hydroxylation sites is 1. The van der Waals surface area contributed by atoms with Crippen molar-refractivity contribution in [2.24, 2.45) is 0 Å². The summed E-state index contributed by atoms with van der Waals surface area (Å²) < 4.78 is 2.40. The molecule has 0 amide bonds. The first-order valence-electron chi connectivity index (χ1n) is 19.9. The maximum absolute atomic E-state index is 5.21. The Balaban J connectivity index is 1.06. The van der Waals surface area contributed by atoms with Crippen LogP contribution in [0.5, 0.6) is 0 Å². The molecule has 0 saturated carbocycles. The number of benzene rings is 8. The Hall–Kier alpha value is -7.43. The summed E-state index contributed by atoms with van der Waals surface area (Å²) in [6.45, 7) is 4.69. The van der Waals surface area contributed by atoms with Gasteiger partial charge >= 0.3 is 0 Å². The second-order valence-electron chi connectivity index (χ2n) is 15.7. The molecule has 58 heavy (non-hydrogen) atoms. The van der Waals surface area contributed by atoms with Gasteiger partial charge in [-0.3, -0.25) is 0 Å². The first-order valence-corrected chi connectivity index (χ1v) is 19.9. The fraction of sp³-hybridized carbons (Fsp3) is 0.0556. The van der Waals surface area contributed by atoms with Crippen LogP contribution in [0.1, 0.15) is 25.0 Å². The van der Waals surface area contributed by atoms with Crippen LogP contribution < -0.4 is 0 Å². The SMILES string of the molecule is CC1(C)c2ccccc2-c2cc3c4ccccc4n(-c4ccc(-c5nc(-c6ccccc6)nc(-c6cc(-c7ccccc7)cc(-c7ccccc7)c6)n5)cc4)c3cc21. The van der Waals surface area contributed by atoms with Gasteiger partial charge in [-0.1, -0.05) is 147 Å². The van der Waals surface area contributed by atoms with Crippen LogP contribution in [0.15, 0.2) is 194 Å². The van der Waals surface area contributed by atoms with Crippen LogP contribution in [-0.4, -0.2) is 19.5 Å². The van der Waals surface area contributed by atoms with E-state index in [1.54, 1.807) is 0 Å². The Bertz CT molecular complexity index is 3110. The molecule has 8 aromatic carbocycles. The molecule has 0 N–H and O–H groups in total. The molecule has 10 aromatic rings. The van der Waals surface area contributed by atoms with Crippen molar-refractivity contribution in [2.45, 2.75) is 19.3 Å². The summed E-state index contributed by atoms with van der Waals surface area (Å²) in [5, 5.41) is 2.50. The first kappa shape index (κ1) is 33.9. The maximum Gasteiger partial charge on any atom is 0.164 e. The zero-order chi connectivity index (χ0) is 38.8. The molecule has 4 nitrogen and oxygen atoms in total. The molecule has 2 aromatic heterocycles. The number of rotatable bonds is 6.